The number of hydrogen-bond donors (Lipinski definition) is 2. The summed E-state index contributed by atoms with van der Waals surface area (Å²) in [6, 6.07) is 17.9. The molecule has 0 radical (unpaired) electrons. The molecule has 1 unspecified atom stereocenters. The fourth-order valence-corrected chi connectivity index (χ4v) is 4.78. The highest BCUT2D eigenvalue weighted by Crippen LogP contribution is 2.44. The molecule has 0 spiro atoms. The van der Waals surface area contributed by atoms with Crippen molar-refractivity contribution in [2.24, 2.45) is 0 Å². The molecule has 0 bridgehead atoms. The van der Waals surface area contributed by atoms with Crippen molar-refractivity contribution in [2.75, 3.05) is 6.61 Å². The van der Waals surface area contributed by atoms with Crippen LogP contribution in [0.5, 0.6) is 5.75 Å². The zero-order valence-electron chi connectivity index (χ0n) is 18.4. The van der Waals surface area contributed by atoms with E-state index in [1.165, 1.54) is 24.0 Å². The Bertz CT molecular complexity index is 1310. The first kappa shape index (κ1) is 24.3. The summed E-state index contributed by atoms with van der Waals surface area (Å²) in [5.41, 5.74) is 1.43. The molecule has 0 saturated heterocycles. The molecule has 0 aliphatic carbocycles. The molecule has 180 valence electrons. The largest absolute Gasteiger partial charge is 0.482 e. The third kappa shape index (κ3) is 5.83. The Morgan fingerprint density at radius 1 is 1.11 bits per heavy atom. The number of nitrogens with zero attached hydrogens (tertiary/aromatic N) is 2. The molecule has 3 aromatic carbocycles. The van der Waals surface area contributed by atoms with E-state index in [0.717, 1.165) is 11.0 Å². The highest BCUT2D eigenvalue weighted by atomic mass is 32.2. The number of hydrogen-bond acceptors (Lipinski definition) is 5. The van der Waals surface area contributed by atoms with E-state index >= 15 is 0 Å². The van der Waals surface area contributed by atoms with Crippen LogP contribution in [0.25, 0.3) is 11.1 Å². The van der Waals surface area contributed by atoms with Gasteiger partial charge in [-0.15, -0.1) is 11.8 Å². The Labute approximate surface area is 203 Å². The normalized spacial score (nSPS) is 12.3. The van der Waals surface area contributed by atoms with Gasteiger partial charge in [-0.2, -0.15) is 28.6 Å². The molecule has 0 aliphatic rings. The number of benzene rings is 3. The number of rotatable bonds is 8. The highest BCUT2D eigenvalue weighted by Gasteiger charge is 2.35. The second-order valence-corrected chi connectivity index (χ2v) is 8.85. The van der Waals surface area contributed by atoms with Gasteiger partial charge in [-0.1, -0.05) is 42.5 Å². The summed E-state index contributed by atoms with van der Waals surface area (Å²) in [4.78, 5) is 11.5. The fourth-order valence-electron chi connectivity index (χ4n) is 3.60. The predicted octanol–water partition coefficient (Wildman–Crippen LogP) is 6.14. The van der Waals surface area contributed by atoms with Crippen LogP contribution in [0, 0.1) is 6.92 Å². The summed E-state index contributed by atoms with van der Waals surface area (Å²) in [6.45, 7) is 1.30. The predicted molar refractivity (Wildman–Crippen MR) is 125 cm³/mol. The topological polar surface area (TPSA) is 88.1 Å². The van der Waals surface area contributed by atoms with Crippen molar-refractivity contribution in [1.82, 2.24) is 15.4 Å². The van der Waals surface area contributed by atoms with Gasteiger partial charge in [-0.25, -0.2) is 4.79 Å². The van der Waals surface area contributed by atoms with Crippen LogP contribution in [0.3, 0.4) is 0 Å². The maximum atomic E-state index is 14.1. The Morgan fingerprint density at radius 3 is 2.51 bits per heavy atom. The molecule has 0 saturated carbocycles. The number of carbonyl (C=O) groups is 1. The number of carboxylic acids is 1. The first-order valence-electron chi connectivity index (χ1n) is 10.5. The molecule has 4 aromatic rings. The van der Waals surface area contributed by atoms with Crippen LogP contribution in [-0.4, -0.2) is 33.1 Å². The molecule has 0 amide bonds. The number of carboxylic acid groups (broad SMARTS) is 1. The molecule has 35 heavy (non-hydrogen) atoms. The van der Waals surface area contributed by atoms with Crippen LogP contribution in [0.15, 0.2) is 77.8 Å². The van der Waals surface area contributed by atoms with E-state index in [-0.39, 0.29) is 5.56 Å². The average Bonchev–Trinajstić information content (AvgIpc) is 3.36. The second-order valence-electron chi connectivity index (χ2n) is 7.67. The fraction of sp³-hybridized carbons (Fsp3) is 0.160. The van der Waals surface area contributed by atoms with E-state index in [1.807, 2.05) is 0 Å². The Morgan fingerprint density at radius 2 is 1.89 bits per heavy atom. The minimum atomic E-state index is -4.56. The van der Waals surface area contributed by atoms with Gasteiger partial charge in [0.05, 0.1) is 17.0 Å². The Kier molecular flexibility index (Phi) is 7.11. The summed E-state index contributed by atoms with van der Waals surface area (Å²) < 4.78 is 47.5. The van der Waals surface area contributed by atoms with Gasteiger partial charge in [0, 0.05) is 4.90 Å². The lowest BCUT2D eigenvalue weighted by atomic mass is 9.95. The van der Waals surface area contributed by atoms with Gasteiger partial charge in [0.15, 0.2) is 6.61 Å². The maximum Gasteiger partial charge on any atom is 0.417 e. The van der Waals surface area contributed by atoms with E-state index in [1.54, 1.807) is 61.5 Å². The van der Waals surface area contributed by atoms with E-state index < -0.39 is 29.6 Å². The van der Waals surface area contributed by atoms with Gasteiger partial charge in [-0.05, 0) is 53.4 Å². The minimum absolute atomic E-state index is 0.0986. The number of aryl methyl sites for hydroxylation is 1. The van der Waals surface area contributed by atoms with Crippen LogP contribution < -0.4 is 4.74 Å². The first-order valence-corrected chi connectivity index (χ1v) is 11.3. The average molecular weight is 500 g/mol. The molecule has 1 atom stereocenters. The van der Waals surface area contributed by atoms with Crippen LogP contribution in [-0.2, 0) is 11.0 Å². The summed E-state index contributed by atoms with van der Waals surface area (Å²) in [5.74, 6) is -0.672. The van der Waals surface area contributed by atoms with Crippen molar-refractivity contribution in [3.63, 3.8) is 0 Å². The summed E-state index contributed by atoms with van der Waals surface area (Å²) in [5, 5.41) is 18.7. The molecule has 10 heteroatoms. The van der Waals surface area contributed by atoms with Crippen molar-refractivity contribution >= 4 is 17.7 Å². The van der Waals surface area contributed by atoms with Gasteiger partial charge in [0.25, 0.3) is 0 Å². The second kappa shape index (κ2) is 10.2. The van der Waals surface area contributed by atoms with Crippen LogP contribution in [0.2, 0.25) is 0 Å². The summed E-state index contributed by atoms with van der Waals surface area (Å²) >= 11 is 1.31. The number of ether oxygens (including phenoxy) is 1. The van der Waals surface area contributed by atoms with Crippen molar-refractivity contribution in [2.45, 2.75) is 23.2 Å². The summed E-state index contributed by atoms with van der Waals surface area (Å²) in [6.07, 6.45) is -3.08. The first-order chi connectivity index (χ1) is 16.7. The van der Waals surface area contributed by atoms with Crippen molar-refractivity contribution in [3.8, 4) is 16.9 Å². The van der Waals surface area contributed by atoms with Crippen molar-refractivity contribution < 1.29 is 27.8 Å². The molecule has 1 aromatic heterocycles. The minimum Gasteiger partial charge on any atom is -0.482 e. The molecule has 4 rings (SSSR count). The molecule has 1 heterocycles. The maximum absolute atomic E-state index is 14.1. The zero-order valence-corrected chi connectivity index (χ0v) is 19.2. The third-order valence-electron chi connectivity index (χ3n) is 5.19. The zero-order chi connectivity index (χ0) is 25.0. The van der Waals surface area contributed by atoms with E-state index in [2.05, 4.69) is 15.4 Å². The standard InChI is InChI=1S/C25H20F3N3O3S/c1-15-11-18(8-10-22(15)34-14-23(32)33)35-24(21-13-29-31-30-21)17-7-9-19(16-5-3-2-4-6-16)20(12-17)25(26,27)28/h2-13,24H,14H2,1H3,(H,32,33)(H,29,30,31). The number of nitrogens with one attached hydrogen (secondary N) is 1. The van der Waals surface area contributed by atoms with Gasteiger partial charge >= 0.3 is 12.1 Å². The van der Waals surface area contributed by atoms with Crippen molar-refractivity contribution in [1.29, 1.82) is 0 Å². The number of aromatic amines is 1. The number of thioether (sulfide) groups is 1. The van der Waals surface area contributed by atoms with Crippen LogP contribution in [0.4, 0.5) is 13.2 Å². The molecular formula is C25H20F3N3O3S. The number of aliphatic carboxylic acids is 1. The number of alkyl halides is 3. The third-order valence-corrected chi connectivity index (χ3v) is 6.47. The van der Waals surface area contributed by atoms with Crippen LogP contribution >= 0.6 is 11.8 Å². The van der Waals surface area contributed by atoms with Gasteiger partial charge in [0.2, 0.25) is 0 Å². The van der Waals surface area contributed by atoms with E-state index in [9.17, 15) is 18.0 Å². The Balaban J connectivity index is 1.72. The monoisotopic (exact) mass is 499 g/mol. The lowest BCUT2D eigenvalue weighted by Gasteiger charge is -2.20. The molecule has 6 nitrogen and oxygen atoms in total. The number of H-pyrrole nitrogens is 1. The quantitative estimate of drug-likeness (QED) is 0.283. The number of halogens is 3. The molecule has 0 fully saturated rings. The lowest BCUT2D eigenvalue weighted by Crippen LogP contribution is -2.10. The lowest BCUT2D eigenvalue weighted by molar-refractivity contribution is -0.139. The van der Waals surface area contributed by atoms with E-state index in [4.69, 9.17) is 9.84 Å². The molecule has 2 N–H and O–H groups in total. The van der Waals surface area contributed by atoms with Crippen molar-refractivity contribution in [3.05, 3.63) is 95.3 Å². The molecule has 0 aliphatic heterocycles. The number of aromatic nitrogens is 3. The van der Waals surface area contributed by atoms with Gasteiger partial charge < -0.3 is 9.84 Å². The van der Waals surface area contributed by atoms with E-state index in [0.29, 0.717) is 28.1 Å². The summed E-state index contributed by atoms with van der Waals surface area (Å²) in [7, 11) is 0. The van der Waals surface area contributed by atoms with Crippen LogP contribution in [0.1, 0.15) is 27.6 Å². The van der Waals surface area contributed by atoms with Gasteiger partial charge in [0.1, 0.15) is 11.4 Å². The smallest absolute Gasteiger partial charge is 0.417 e. The Hall–Kier alpha value is -3.79. The highest BCUT2D eigenvalue weighted by molar-refractivity contribution is 7.99. The SMILES string of the molecule is Cc1cc(SC(c2ccc(-c3ccccc3)c(C(F)(F)F)c2)c2cn[nH]n2)ccc1OCC(=O)O. The van der Waals surface area contributed by atoms with Gasteiger partial charge in [-0.3, -0.25) is 0 Å². The molecular weight excluding hydrogens is 479 g/mol.